The third-order valence-electron chi connectivity index (χ3n) is 7.82. The molecule has 8 rings (SSSR count). The van der Waals surface area contributed by atoms with Crippen LogP contribution < -0.4 is 4.90 Å². The molecule has 1 aromatic heterocycles. The zero-order valence-electron chi connectivity index (χ0n) is 21.8. The molecule has 0 saturated heterocycles. The minimum absolute atomic E-state index is 1.14. The lowest BCUT2D eigenvalue weighted by atomic mass is 9.94. The average molecular weight is 528 g/mol. The molecule has 0 saturated carbocycles. The number of hydrogen-bond donors (Lipinski definition) is 0. The number of thiophene rings is 1. The smallest absolute Gasteiger partial charge is 0.0546 e. The predicted molar refractivity (Wildman–Crippen MR) is 174 cm³/mol. The second-order valence-corrected chi connectivity index (χ2v) is 11.3. The van der Waals surface area contributed by atoms with Crippen LogP contribution in [0.4, 0.5) is 17.1 Å². The summed E-state index contributed by atoms with van der Waals surface area (Å²) in [5.41, 5.74) is 5.93. The fraction of sp³-hybridized carbons (Fsp3) is 0. The summed E-state index contributed by atoms with van der Waals surface area (Å²) in [5, 5.41) is 7.60. The van der Waals surface area contributed by atoms with Gasteiger partial charge in [-0.15, -0.1) is 11.3 Å². The predicted octanol–water partition coefficient (Wildman–Crippen LogP) is 11.5. The molecule has 2 heteroatoms. The summed E-state index contributed by atoms with van der Waals surface area (Å²) in [4.78, 5) is 2.42. The van der Waals surface area contributed by atoms with E-state index < -0.39 is 0 Å². The van der Waals surface area contributed by atoms with Crippen LogP contribution in [0.1, 0.15) is 0 Å². The van der Waals surface area contributed by atoms with Crippen molar-refractivity contribution in [3.8, 4) is 11.1 Å². The Bertz CT molecular complexity index is 2170. The molecule has 1 nitrogen and oxygen atoms in total. The Kier molecular flexibility index (Phi) is 5.39. The summed E-state index contributed by atoms with van der Waals surface area (Å²) in [5.74, 6) is 0. The van der Waals surface area contributed by atoms with Crippen molar-refractivity contribution in [1.29, 1.82) is 0 Å². The Labute approximate surface area is 237 Å². The van der Waals surface area contributed by atoms with Crippen LogP contribution in [0, 0.1) is 0 Å². The van der Waals surface area contributed by atoms with Gasteiger partial charge in [-0.3, -0.25) is 0 Å². The molecule has 188 valence electrons. The van der Waals surface area contributed by atoms with Crippen LogP contribution in [-0.4, -0.2) is 0 Å². The van der Waals surface area contributed by atoms with E-state index in [9.17, 15) is 0 Å². The molecule has 0 atom stereocenters. The molecule has 0 aliphatic heterocycles. The number of para-hydroxylation sites is 1. The monoisotopic (exact) mass is 527 g/mol. The molecule has 0 radical (unpaired) electrons. The van der Waals surface area contributed by atoms with Gasteiger partial charge in [0.2, 0.25) is 0 Å². The maximum absolute atomic E-state index is 2.42. The van der Waals surface area contributed by atoms with Crippen LogP contribution in [0.5, 0.6) is 0 Å². The molecule has 0 amide bonds. The second kappa shape index (κ2) is 9.37. The Hall–Kier alpha value is -4.92. The minimum Gasteiger partial charge on any atom is -0.310 e. The normalized spacial score (nSPS) is 11.5. The van der Waals surface area contributed by atoms with Gasteiger partial charge in [0.05, 0.1) is 5.69 Å². The van der Waals surface area contributed by atoms with E-state index in [1.54, 1.807) is 0 Å². The van der Waals surface area contributed by atoms with E-state index in [1.807, 2.05) is 11.3 Å². The molecule has 40 heavy (non-hydrogen) atoms. The summed E-state index contributed by atoms with van der Waals surface area (Å²) >= 11 is 1.86. The Morgan fingerprint density at radius 2 is 1.15 bits per heavy atom. The van der Waals surface area contributed by atoms with Gasteiger partial charge in [0, 0.05) is 36.9 Å². The van der Waals surface area contributed by atoms with Gasteiger partial charge in [0.15, 0.2) is 0 Å². The highest BCUT2D eigenvalue weighted by molar-refractivity contribution is 7.25. The maximum atomic E-state index is 2.42. The lowest BCUT2D eigenvalue weighted by molar-refractivity contribution is 1.30. The quantitative estimate of drug-likeness (QED) is 0.220. The van der Waals surface area contributed by atoms with Gasteiger partial charge in [-0.1, -0.05) is 103 Å². The molecule has 0 aliphatic carbocycles. The largest absolute Gasteiger partial charge is 0.310 e. The third-order valence-corrected chi connectivity index (χ3v) is 8.97. The summed E-state index contributed by atoms with van der Waals surface area (Å²) in [7, 11) is 0. The maximum Gasteiger partial charge on any atom is 0.0546 e. The van der Waals surface area contributed by atoms with E-state index in [0.29, 0.717) is 0 Å². The van der Waals surface area contributed by atoms with Crippen LogP contribution >= 0.6 is 11.3 Å². The van der Waals surface area contributed by atoms with Crippen molar-refractivity contribution >= 4 is 70.1 Å². The molecule has 0 fully saturated rings. The highest BCUT2D eigenvalue weighted by Crippen LogP contribution is 2.45. The van der Waals surface area contributed by atoms with Crippen LogP contribution in [0.25, 0.3) is 52.8 Å². The molecule has 8 aromatic rings. The van der Waals surface area contributed by atoms with Gasteiger partial charge >= 0.3 is 0 Å². The molecule has 1 heterocycles. The number of benzene rings is 7. The van der Waals surface area contributed by atoms with E-state index in [4.69, 9.17) is 0 Å². The second-order valence-electron chi connectivity index (χ2n) is 10.2. The molecule has 0 spiro atoms. The lowest BCUT2D eigenvalue weighted by Gasteiger charge is -2.28. The van der Waals surface area contributed by atoms with Gasteiger partial charge in [0.1, 0.15) is 0 Å². The number of fused-ring (bicyclic) bond motifs is 5. The molecule has 0 unspecified atom stereocenters. The van der Waals surface area contributed by atoms with E-state index in [0.717, 1.165) is 11.4 Å². The third kappa shape index (κ3) is 3.77. The molecule has 0 aliphatic rings. The lowest BCUT2D eigenvalue weighted by Crippen LogP contribution is -2.10. The molecular weight excluding hydrogens is 502 g/mol. The van der Waals surface area contributed by atoms with Crippen molar-refractivity contribution in [3.05, 3.63) is 152 Å². The average Bonchev–Trinajstić information content (AvgIpc) is 3.39. The summed E-state index contributed by atoms with van der Waals surface area (Å²) in [6.45, 7) is 0. The first-order chi connectivity index (χ1) is 19.8. The molecule has 0 N–H and O–H groups in total. The fourth-order valence-electron chi connectivity index (χ4n) is 5.96. The number of anilines is 3. The van der Waals surface area contributed by atoms with Gasteiger partial charge in [-0.05, 0) is 75.8 Å². The topological polar surface area (TPSA) is 3.24 Å². The highest BCUT2D eigenvalue weighted by atomic mass is 32.1. The van der Waals surface area contributed by atoms with Crippen LogP contribution in [0.3, 0.4) is 0 Å². The van der Waals surface area contributed by atoms with Crippen LogP contribution in [-0.2, 0) is 0 Å². The Morgan fingerprint density at radius 3 is 2.05 bits per heavy atom. The molecule has 7 aromatic carbocycles. The highest BCUT2D eigenvalue weighted by Gasteiger charge is 2.19. The summed E-state index contributed by atoms with van der Waals surface area (Å²) < 4.78 is 2.64. The van der Waals surface area contributed by atoms with Crippen molar-refractivity contribution < 1.29 is 0 Å². The molecule has 0 bridgehead atoms. The van der Waals surface area contributed by atoms with E-state index in [1.165, 1.54) is 58.5 Å². The fourth-order valence-corrected chi connectivity index (χ4v) is 7.05. The molecular formula is C38H25NS. The van der Waals surface area contributed by atoms with Gasteiger partial charge < -0.3 is 4.90 Å². The zero-order valence-corrected chi connectivity index (χ0v) is 22.6. The van der Waals surface area contributed by atoms with Gasteiger partial charge in [-0.2, -0.15) is 0 Å². The van der Waals surface area contributed by atoms with Crippen LogP contribution in [0.15, 0.2) is 152 Å². The van der Waals surface area contributed by atoms with E-state index in [-0.39, 0.29) is 0 Å². The number of nitrogens with zero attached hydrogens (tertiary/aromatic N) is 1. The van der Waals surface area contributed by atoms with E-state index in [2.05, 4.69) is 157 Å². The van der Waals surface area contributed by atoms with E-state index >= 15 is 0 Å². The standard InChI is InChI=1S/C38H25NS/c1-2-14-30(15-3-1)39(31-22-23-37-34(25-31)33-16-6-7-19-36(33)40-37)35-18-9-13-27-12-8-17-32(38(27)35)29-21-20-26-10-4-5-11-28(26)24-29/h1-25H. The van der Waals surface area contributed by atoms with Crippen molar-refractivity contribution in [1.82, 2.24) is 0 Å². The first-order valence-corrected chi connectivity index (χ1v) is 14.4. The first-order valence-electron chi connectivity index (χ1n) is 13.6. The van der Waals surface area contributed by atoms with Crippen molar-refractivity contribution in [2.24, 2.45) is 0 Å². The van der Waals surface area contributed by atoms with Crippen LogP contribution in [0.2, 0.25) is 0 Å². The Balaban J connectivity index is 1.41. The summed E-state index contributed by atoms with van der Waals surface area (Å²) in [6, 6.07) is 55.1. The van der Waals surface area contributed by atoms with Crippen molar-refractivity contribution in [3.63, 3.8) is 0 Å². The Morgan fingerprint density at radius 1 is 0.425 bits per heavy atom. The van der Waals surface area contributed by atoms with Crippen molar-refractivity contribution in [2.75, 3.05) is 4.90 Å². The summed E-state index contributed by atoms with van der Waals surface area (Å²) in [6.07, 6.45) is 0. The van der Waals surface area contributed by atoms with Gasteiger partial charge in [-0.25, -0.2) is 0 Å². The van der Waals surface area contributed by atoms with Crippen molar-refractivity contribution in [2.45, 2.75) is 0 Å². The first kappa shape index (κ1) is 23.0. The zero-order chi connectivity index (χ0) is 26.5. The number of hydrogen-bond acceptors (Lipinski definition) is 2. The number of rotatable bonds is 4. The SMILES string of the molecule is c1ccc(N(c2ccc3sc4ccccc4c3c2)c2cccc3cccc(-c4ccc5ccccc5c4)c23)cc1. The minimum atomic E-state index is 1.14. The van der Waals surface area contributed by atoms with Gasteiger partial charge in [0.25, 0.3) is 0 Å².